The third kappa shape index (κ3) is 5.08. The monoisotopic (exact) mass is 283 g/mol. The predicted molar refractivity (Wildman–Crippen MR) is 76.0 cm³/mol. The maximum absolute atomic E-state index is 13.3. The van der Waals surface area contributed by atoms with Gasteiger partial charge >= 0.3 is 0 Å². The molecular weight excluding hydrogens is 260 g/mol. The average molecular weight is 283 g/mol. The van der Waals surface area contributed by atoms with Gasteiger partial charge in [0.25, 0.3) is 0 Å². The highest BCUT2D eigenvalue weighted by atomic mass is 19.1. The van der Waals surface area contributed by atoms with Crippen molar-refractivity contribution in [2.75, 3.05) is 13.2 Å². The van der Waals surface area contributed by atoms with Crippen molar-refractivity contribution in [2.24, 2.45) is 0 Å². The lowest BCUT2D eigenvalue weighted by molar-refractivity contribution is 0.281. The largest absolute Gasteiger partial charge is 0.489 e. The van der Waals surface area contributed by atoms with Gasteiger partial charge in [-0.2, -0.15) is 0 Å². The van der Waals surface area contributed by atoms with Crippen LogP contribution in [-0.4, -0.2) is 19.2 Å². The number of ether oxygens (including phenoxy) is 1. The molecule has 0 saturated heterocycles. The molecule has 0 bridgehead atoms. The summed E-state index contributed by atoms with van der Waals surface area (Å²) in [6.07, 6.45) is 8.96. The summed E-state index contributed by atoms with van der Waals surface area (Å²) < 4.78 is 31.6. The van der Waals surface area contributed by atoms with Crippen molar-refractivity contribution in [1.29, 1.82) is 0 Å². The molecule has 2 nitrogen and oxygen atoms in total. The molecule has 0 spiro atoms. The second-order valence-corrected chi connectivity index (χ2v) is 5.42. The lowest BCUT2D eigenvalue weighted by Crippen LogP contribution is -2.33. The molecule has 0 radical (unpaired) electrons. The lowest BCUT2D eigenvalue weighted by Gasteiger charge is -2.21. The Bertz CT molecular complexity index is 403. The van der Waals surface area contributed by atoms with Gasteiger partial charge in [0.15, 0.2) is 11.6 Å². The fraction of sp³-hybridized carbons (Fsp3) is 0.625. The van der Waals surface area contributed by atoms with Gasteiger partial charge in [0.2, 0.25) is 0 Å². The van der Waals surface area contributed by atoms with Crippen LogP contribution in [0.15, 0.2) is 18.2 Å². The Morgan fingerprint density at radius 2 is 1.75 bits per heavy atom. The highest BCUT2D eigenvalue weighted by Crippen LogP contribution is 2.18. The predicted octanol–water partition coefficient (Wildman–Crippen LogP) is 4.05. The van der Waals surface area contributed by atoms with E-state index in [0.29, 0.717) is 19.2 Å². The van der Waals surface area contributed by atoms with E-state index in [1.165, 1.54) is 44.9 Å². The van der Waals surface area contributed by atoms with E-state index in [2.05, 4.69) is 5.32 Å². The zero-order valence-corrected chi connectivity index (χ0v) is 11.8. The van der Waals surface area contributed by atoms with E-state index >= 15 is 0 Å². The molecule has 1 aliphatic rings. The Kier molecular flexibility index (Phi) is 6.25. The molecule has 1 aromatic carbocycles. The Balaban J connectivity index is 1.68. The van der Waals surface area contributed by atoms with Crippen molar-refractivity contribution in [3.05, 3.63) is 29.8 Å². The molecule has 20 heavy (non-hydrogen) atoms. The standard InChI is InChI=1S/C16H23F2NO/c17-13-8-9-15(18)16(12-13)20-11-10-19-14-6-4-2-1-3-5-7-14/h8-9,12,14,19H,1-7,10-11H2. The Labute approximate surface area is 119 Å². The minimum Gasteiger partial charge on any atom is -0.489 e. The molecule has 0 aliphatic heterocycles. The first kappa shape index (κ1) is 15.2. The summed E-state index contributed by atoms with van der Waals surface area (Å²) in [7, 11) is 0. The van der Waals surface area contributed by atoms with Gasteiger partial charge in [-0.3, -0.25) is 0 Å². The van der Waals surface area contributed by atoms with Crippen molar-refractivity contribution in [1.82, 2.24) is 5.32 Å². The molecule has 1 aliphatic carbocycles. The molecule has 0 aromatic heterocycles. The van der Waals surface area contributed by atoms with E-state index in [1.807, 2.05) is 0 Å². The fourth-order valence-corrected chi connectivity index (χ4v) is 2.67. The number of hydrogen-bond acceptors (Lipinski definition) is 2. The van der Waals surface area contributed by atoms with E-state index in [4.69, 9.17) is 4.74 Å². The van der Waals surface area contributed by atoms with Gasteiger partial charge in [-0.1, -0.05) is 32.1 Å². The van der Waals surface area contributed by atoms with Crippen molar-refractivity contribution >= 4 is 0 Å². The summed E-state index contributed by atoms with van der Waals surface area (Å²) in [6, 6.07) is 3.81. The highest BCUT2D eigenvalue weighted by molar-refractivity contribution is 5.24. The van der Waals surface area contributed by atoms with Crippen LogP contribution in [0.1, 0.15) is 44.9 Å². The Morgan fingerprint density at radius 1 is 1.05 bits per heavy atom. The number of rotatable bonds is 5. The summed E-state index contributed by atoms with van der Waals surface area (Å²) in [6.45, 7) is 1.03. The van der Waals surface area contributed by atoms with E-state index in [-0.39, 0.29) is 5.75 Å². The smallest absolute Gasteiger partial charge is 0.165 e. The number of nitrogens with one attached hydrogen (secondary N) is 1. The normalized spacial score (nSPS) is 17.5. The molecular formula is C16H23F2NO. The number of hydrogen-bond donors (Lipinski definition) is 1. The fourth-order valence-electron chi connectivity index (χ4n) is 2.67. The molecule has 4 heteroatoms. The van der Waals surface area contributed by atoms with Crippen molar-refractivity contribution in [3.63, 3.8) is 0 Å². The molecule has 1 fully saturated rings. The summed E-state index contributed by atoms with van der Waals surface area (Å²) >= 11 is 0. The third-order valence-electron chi connectivity index (χ3n) is 3.79. The van der Waals surface area contributed by atoms with E-state index in [0.717, 1.165) is 18.2 Å². The summed E-state index contributed by atoms with van der Waals surface area (Å²) in [5, 5.41) is 3.45. The first-order chi connectivity index (χ1) is 9.75. The summed E-state index contributed by atoms with van der Waals surface area (Å²) in [5.74, 6) is -1.00. The van der Waals surface area contributed by atoms with Crippen LogP contribution in [0.5, 0.6) is 5.75 Å². The second kappa shape index (κ2) is 8.20. The van der Waals surface area contributed by atoms with Gasteiger partial charge in [-0.05, 0) is 25.0 Å². The lowest BCUT2D eigenvalue weighted by atomic mass is 9.97. The minimum atomic E-state index is -0.516. The van der Waals surface area contributed by atoms with Crippen LogP contribution in [0.3, 0.4) is 0 Å². The van der Waals surface area contributed by atoms with E-state index in [1.54, 1.807) is 0 Å². The quantitative estimate of drug-likeness (QED) is 0.823. The van der Waals surface area contributed by atoms with Crippen LogP contribution in [0.2, 0.25) is 0 Å². The molecule has 0 unspecified atom stereocenters. The maximum atomic E-state index is 13.3. The van der Waals surface area contributed by atoms with E-state index in [9.17, 15) is 8.78 Å². The van der Waals surface area contributed by atoms with Gasteiger partial charge < -0.3 is 10.1 Å². The van der Waals surface area contributed by atoms with Crippen molar-refractivity contribution < 1.29 is 13.5 Å². The van der Waals surface area contributed by atoms with Gasteiger partial charge in [-0.15, -0.1) is 0 Å². The van der Waals surface area contributed by atoms with Crippen LogP contribution in [0.4, 0.5) is 8.78 Å². The summed E-state index contributed by atoms with van der Waals surface area (Å²) in [5.41, 5.74) is 0. The SMILES string of the molecule is Fc1ccc(F)c(OCCNC2CCCCCCC2)c1. The zero-order valence-electron chi connectivity index (χ0n) is 11.8. The molecule has 1 saturated carbocycles. The molecule has 1 aromatic rings. The minimum absolute atomic E-state index is 0.00975. The Morgan fingerprint density at radius 3 is 2.50 bits per heavy atom. The summed E-state index contributed by atoms with van der Waals surface area (Å²) in [4.78, 5) is 0. The second-order valence-electron chi connectivity index (χ2n) is 5.42. The first-order valence-electron chi connectivity index (χ1n) is 7.57. The van der Waals surface area contributed by atoms with Crippen LogP contribution in [0, 0.1) is 11.6 Å². The van der Waals surface area contributed by atoms with Crippen molar-refractivity contribution in [2.45, 2.75) is 51.0 Å². The third-order valence-corrected chi connectivity index (χ3v) is 3.79. The highest BCUT2D eigenvalue weighted by Gasteiger charge is 2.10. The molecule has 112 valence electrons. The number of benzene rings is 1. The zero-order chi connectivity index (χ0) is 14.2. The molecule has 0 amide bonds. The molecule has 2 rings (SSSR count). The van der Waals surface area contributed by atoms with E-state index < -0.39 is 11.6 Å². The van der Waals surface area contributed by atoms with Crippen LogP contribution in [0.25, 0.3) is 0 Å². The van der Waals surface area contributed by atoms with Crippen LogP contribution < -0.4 is 10.1 Å². The molecule has 0 atom stereocenters. The maximum Gasteiger partial charge on any atom is 0.165 e. The van der Waals surface area contributed by atoms with Gasteiger partial charge in [0.1, 0.15) is 12.4 Å². The average Bonchev–Trinajstić information content (AvgIpc) is 2.40. The number of halogens is 2. The molecule has 1 N–H and O–H groups in total. The van der Waals surface area contributed by atoms with Gasteiger partial charge in [-0.25, -0.2) is 8.78 Å². The van der Waals surface area contributed by atoms with Gasteiger partial charge in [0, 0.05) is 18.7 Å². The van der Waals surface area contributed by atoms with Crippen LogP contribution >= 0.6 is 0 Å². The van der Waals surface area contributed by atoms with Crippen LogP contribution in [-0.2, 0) is 0 Å². The first-order valence-corrected chi connectivity index (χ1v) is 7.57. The topological polar surface area (TPSA) is 21.3 Å². The molecule has 0 heterocycles. The Hall–Kier alpha value is -1.16. The van der Waals surface area contributed by atoms with Gasteiger partial charge in [0.05, 0.1) is 0 Å². The van der Waals surface area contributed by atoms with Crippen molar-refractivity contribution in [3.8, 4) is 5.75 Å².